The maximum atomic E-state index is 12.8. The molecule has 0 saturated heterocycles. The molecule has 6 atom stereocenters. The molecule has 152 valence electrons. The van der Waals surface area contributed by atoms with Crippen molar-refractivity contribution in [2.24, 2.45) is 34.5 Å². The number of alkyl halides is 3. The van der Waals surface area contributed by atoms with E-state index in [2.05, 4.69) is 11.7 Å². The lowest BCUT2D eigenvalue weighted by Gasteiger charge is -2.59. The van der Waals surface area contributed by atoms with E-state index in [4.69, 9.17) is 0 Å². The van der Waals surface area contributed by atoms with Gasteiger partial charge in [0.2, 0.25) is 0 Å². The fraction of sp³-hybridized carbons (Fsp3) is 0.905. The van der Waals surface area contributed by atoms with Crippen LogP contribution in [-0.4, -0.2) is 24.5 Å². The fourth-order valence-electron chi connectivity index (χ4n) is 7.42. The second kappa shape index (κ2) is 6.48. The zero-order chi connectivity index (χ0) is 19.4. The third kappa shape index (κ3) is 2.93. The average Bonchev–Trinajstić information content (AvgIpc) is 2.95. The minimum atomic E-state index is -5.00. The number of ketones is 1. The van der Waals surface area contributed by atoms with Crippen molar-refractivity contribution in [2.75, 3.05) is 6.61 Å². The molecule has 6 heteroatoms. The molecule has 4 rings (SSSR count). The van der Waals surface area contributed by atoms with Gasteiger partial charge in [0.05, 0.1) is 5.41 Å². The summed E-state index contributed by atoms with van der Waals surface area (Å²) in [5.74, 6) is -0.394. The Bertz CT molecular complexity index is 631. The van der Waals surface area contributed by atoms with Crippen LogP contribution in [0.5, 0.6) is 0 Å². The Morgan fingerprint density at radius 1 is 1.07 bits per heavy atom. The first-order chi connectivity index (χ1) is 12.7. The maximum absolute atomic E-state index is 12.8. The molecule has 0 N–H and O–H groups in total. The van der Waals surface area contributed by atoms with Crippen LogP contribution in [0.1, 0.15) is 71.1 Å². The number of Topliss-reactive ketones (excluding diaryl/α,β-unsaturated/α-hetero) is 1. The van der Waals surface area contributed by atoms with Crippen LogP contribution in [0.3, 0.4) is 0 Å². The Morgan fingerprint density at radius 2 is 1.85 bits per heavy atom. The number of rotatable bonds is 2. The molecule has 0 spiro atoms. The minimum Gasteiger partial charge on any atom is -0.458 e. The molecule has 0 aromatic rings. The molecule has 4 aliphatic carbocycles. The first kappa shape index (κ1) is 19.3. The summed E-state index contributed by atoms with van der Waals surface area (Å²) in [5, 5.41) is 0. The van der Waals surface area contributed by atoms with E-state index in [0.29, 0.717) is 30.1 Å². The van der Waals surface area contributed by atoms with Crippen LogP contribution in [0.15, 0.2) is 0 Å². The highest BCUT2D eigenvalue weighted by atomic mass is 19.4. The predicted octanol–water partition coefficient (Wildman–Crippen LogP) is 5.07. The molecule has 0 amide bonds. The van der Waals surface area contributed by atoms with Gasteiger partial charge in [-0.1, -0.05) is 19.8 Å². The van der Waals surface area contributed by atoms with Crippen molar-refractivity contribution in [1.82, 2.24) is 0 Å². The largest absolute Gasteiger partial charge is 0.490 e. The maximum Gasteiger partial charge on any atom is 0.490 e. The third-order valence-electron chi connectivity index (χ3n) is 8.72. The van der Waals surface area contributed by atoms with E-state index in [9.17, 15) is 22.8 Å². The number of hydrogen-bond donors (Lipinski definition) is 0. The van der Waals surface area contributed by atoms with E-state index < -0.39 is 24.2 Å². The van der Waals surface area contributed by atoms with Crippen LogP contribution in [0, 0.1) is 34.5 Å². The highest BCUT2D eigenvalue weighted by Gasteiger charge is 2.62. The van der Waals surface area contributed by atoms with Gasteiger partial charge in [0.15, 0.2) is 0 Å². The fourth-order valence-corrected chi connectivity index (χ4v) is 7.42. The summed E-state index contributed by atoms with van der Waals surface area (Å²) in [5.41, 5.74) is -0.568. The van der Waals surface area contributed by atoms with Crippen molar-refractivity contribution in [3.05, 3.63) is 0 Å². The predicted molar refractivity (Wildman–Crippen MR) is 92.7 cm³/mol. The quantitative estimate of drug-likeness (QED) is 0.622. The van der Waals surface area contributed by atoms with Gasteiger partial charge in [-0.05, 0) is 74.0 Å². The van der Waals surface area contributed by atoms with E-state index >= 15 is 0 Å². The molecule has 0 aliphatic heterocycles. The Balaban J connectivity index is 1.56. The first-order valence-electron chi connectivity index (χ1n) is 10.5. The number of halogens is 3. The number of fused-ring (bicyclic) bond motifs is 5. The highest BCUT2D eigenvalue weighted by Crippen LogP contribution is 2.65. The summed E-state index contributed by atoms with van der Waals surface area (Å²) in [6, 6.07) is 0. The summed E-state index contributed by atoms with van der Waals surface area (Å²) < 4.78 is 42.4. The molecule has 0 aromatic heterocycles. The molecule has 4 saturated carbocycles. The SMILES string of the molecule is C[C@]12CCCC[C@@H]1CC[C@H]1[C@@H]3CCC(=O)[C@@]3(COC(=O)C(F)(F)F)CC[C@@H]12. The summed E-state index contributed by atoms with van der Waals surface area (Å²) in [4.78, 5) is 24.0. The van der Waals surface area contributed by atoms with Crippen LogP contribution >= 0.6 is 0 Å². The minimum absolute atomic E-state index is 0.0110. The molecule has 4 aliphatic rings. The molecule has 27 heavy (non-hydrogen) atoms. The van der Waals surface area contributed by atoms with Crippen molar-refractivity contribution in [1.29, 1.82) is 0 Å². The third-order valence-corrected chi connectivity index (χ3v) is 8.72. The second-order valence-electron chi connectivity index (χ2n) is 9.63. The highest BCUT2D eigenvalue weighted by molar-refractivity contribution is 5.88. The van der Waals surface area contributed by atoms with Gasteiger partial charge in [0.1, 0.15) is 12.4 Å². The lowest BCUT2D eigenvalue weighted by Crippen LogP contribution is -2.55. The van der Waals surface area contributed by atoms with Crippen LogP contribution in [0.2, 0.25) is 0 Å². The number of ether oxygens (including phenoxy) is 1. The van der Waals surface area contributed by atoms with E-state index in [0.717, 1.165) is 25.2 Å². The molecule has 0 bridgehead atoms. The van der Waals surface area contributed by atoms with E-state index in [1.54, 1.807) is 0 Å². The Labute approximate surface area is 158 Å². The Morgan fingerprint density at radius 3 is 2.59 bits per heavy atom. The van der Waals surface area contributed by atoms with Crippen molar-refractivity contribution in [3.8, 4) is 0 Å². The average molecular weight is 386 g/mol. The lowest BCUT2D eigenvalue weighted by molar-refractivity contribution is -0.206. The molecule has 0 unspecified atom stereocenters. The van der Waals surface area contributed by atoms with Crippen molar-refractivity contribution in [2.45, 2.75) is 77.3 Å². The van der Waals surface area contributed by atoms with Crippen molar-refractivity contribution >= 4 is 11.8 Å². The van der Waals surface area contributed by atoms with Crippen LogP contribution in [0.25, 0.3) is 0 Å². The first-order valence-corrected chi connectivity index (χ1v) is 10.5. The van der Waals surface area contributed by atoms with Crippen molar-refractivity contribution in [3.63, 3.8) is 0 Å². The number of carbonyl (C=O) groups excluding carboxylic acids is 2. The summed E-state index contributed by atoms with van der Waals surface area (Å²) in [7, 11) is 0. The van der Waals surface area contributed by atoms with Gasteiger partial charge < -0.3 is 4.74 Å². The molecule has 3 nitrogen and oxygen atoms in total. The van der Waals surface area contributed by atoms with Gasteiger partial charge in [-0.15, -0.1) is 0 Å². The Hall–Kier alpha value is -1.07. The standard InChI is InChI=1S/C21H29F3O3/c1-19-10-3-2-4-13(19)5-6-14-15(19)9-11-20(16(14)7-8-17(20)25)12-27-18(26)21(22,23)24/h13-16H,2-12H2,1H3/t13-,14-,15+,16+,19+,20-/m1/s1. The van der Waals surface area contributed by atoms with Crippen molar-refractivity contribution < 1.29 is 27.5 Å². The molecular weight excluding hydrogens is 357 g/mol. The van der Waals surface area contributed by atoms with Crippen LogP contribution < -0.4 is 0 Å². The number of esters is 1. The smallest absolute Gasteiger partial charge is 0.458 e. The van der Waals surface area contributed by atoms with Gasteiger partial charge in [-0.2, -0.15) is 13.2 Å². The Kier molecular flexibility index (Phi) is 4.62. The normalized spacial score (nSPS) is 44.2. The molecule has 0 radical (unpaired) electrons. The van der Waals surface area contributed by atoms with Crippen LogP contribution in [-0.2, 0) is 14.3 Å². The van der Waals surface area contributed by atoms with Gasteiger partial charge in [-0.25, -0.2) is 4.79 Å². The van der Waals surface area contributed by atoms with Gasteiger partial charge >= 0.3 is 12.1 Å². The topological polar surface area (TPSA) is 43.4 Å². The van der Waals surface area contributed by atoms with Gasteiger partial charge in [-0.3, -0.25) is 4.79 Å². The monoisotopic (exact) mass is 386 g/mol. The molecule has 4 fully saturated rings. The van der Waals surface area contributed by atoms with E-state index in [1.165, 1.54) is 32.1 Å². The number of carbonyl (C=O) groups is 2. The zero-order valence-corrected chi connectivity index (χ0v) is 15.9. The molecular formula is C21H29F3O3. The number of hydrogen-bond acceptors (Lipinski definition) is 3. The lowest BCUT2D eigenvalue weighted by atomic mass is 9.45. The summed E-state index contributed by atoms with van der Waals surface area (Å²) >= 11 is 0. The van der Waals surface area contributed by atoms with E-state index in [-0.39, 0.29) is 11.7 Å². The van der Waals surface area contributed by atoms with Gasteiger partial charge in [0, 0.05) is 6.42 Å². The molecule has 0 heterocycles. The van der Waals surface area contributed by atoms with Crippen LogP contribution in [0.4, 0.5) is 13.2 Å². The summed E-state index contributed by atoms with van der Waals surface area (Å²) in [6.07, 6.45) is 4.92. The van der Waals surface area contributed by atoms with E-state index in [1.807, 2.05) is 0 Å². The zero-order valence-electron chi connectivity index (χ0n) is 15.9. The summed E-state index contributed by atoms with van der Waals surface area (Å²) in [6.45, 7) is 2.03. The molecule has 0 aromatic carbocycles. The van der Waals surface area contributed by atoms with Gasteiger partial charge in [0.25, 0.3) is 0 Å². The second-order valence-corrected chi connectivity index (χ2v) is 9.63.